The SMILES string of the molecule is CS(=O)(=O)c1ccc(S(=O)(=O)NCCC(=O)O)c(Br)c1. The molecule has 0 unspecified atom stereocenters. The van der Waals surface area contributed by atoms with Crippen molar-refractivity contribution in [2.24, 2.45) is 0 Å². The first-order chi connectivity index (χ1) is 9.04. The molecule has 0 bridgehead atoms. The van der Waals surface area contributed by atoms with Crippen molar-refractivity contribution < 1.29 is 26.7 Å². The number of benzene rings is 1. The summed E-state index contributed by atoms with van der Waals surface area (Å²) in [5.74, 6) is -1.13. The first kappa shape index (κ1) is 17.1. The maximum Gasteiger partial charge on any atom is 0.304 e. The number of sulfonamides is 1. The lowest BCUT2D eigenvalue weighted by Gasteiger charge is -2.08. The van der Waals surface area contributed by atoms with E-state index >= 15 is 0 Å². The van der Waals surface area contributed by atoms with Crippen molar-refractivity contribution in [3.8, 4) is 0 Å². The Morgan fingerprint density at radius 3 is 2.35 bits per heavy atom. The summed E-state index contributed by atoms with van der Waals surface area (Å²) < 4.78 is 48.7. The van der Waals surface area contributed by atoms with Crippen molar-refractivity contribution in [2.75, 3.05) is 12.8 Å². The topological polar surface area (TPSA) is 118 Å². The van der Waals surface area contributed by atoms with Gasteiger partial charge in [0.15, 0.2) is 9.84 Å². The summed E-state index contributed by atoms with van der Waals surface area (Å²) in [6, 6.07) is 3.50. The Morgan fingerprint density at radius 2 is 1.90 bits per heavy atom. The minimum atomic E-state index is -3.90. The van der Waals surface area contributed by atoms with Crippen LogP contribution in [-0.2, 0) is 24.7 Å². The average molecular weight is 386 g/mol. The van der Waals surface area contributed by atoms with Crippen molar-refractivity contribution in [2.45, 2.75) is 16.2 Å². The highest BCUT2D eigenvalue weighted by atomic mass is 79.9. The smallest absolute Gasteiger partial charge is 0.304 e. The minimum absolute atomic E-state index is 0.0196. The zero-order valence-electron chi connectivity index (χ0n) is 10.3. The van der Waals surface area contributed by atoms with Crippen LogP contribution in [0.5, 0.6) is 0 Å². The Labute approximate surface area is 125 Å². The maximum absolute atomic E-state index is 11.9. The van der Waals surface area contributed by atoms with E-state index in [0.29, 0.717) is 0 Å². The summed E-state index contributed by atoms with van der Waals surface area (Å²) in [6.45, 7) is -0.252. The van der Waals surface area contributed by atoms with E-state index in [1.807, 2.05) is 0 Å². The summed E-state index contributed by atoms with van der Waals surface area (Å²) in [6.07, 6.45) is 0.659. The molecule has 0 aliphatic heterocycles. The van der Waals surface area contributed by atoms with E-state index in [-0.39, 0.29) is 27.2 Å². The highest BCUT2D eigenvalue weighted by Gasteiger charge is 2.19. The third kappa shape index (κ3) is 4.54. The monoisotopic (exact) mass is 385 g/mol. The number of hydrogen-bond donors (Lipinski definition) is 2. The second-order valence-electron chi connectivity index (χ2n) is 3.91. The number of aliphatic carboxylic acids is 1. The van der Waals surface area contributed by atoms with Crippen LogP contribution in [0.2, 0.25) is 0 Å². The fourth-order valence-corrected chi connectivity index (χ4v) is 4.21. The van der Waals surface area contributed by atoms with Crippen molar-refractivity contribution in [3.05, 3.63) is 22.7 Å². The van der Waals surface area contributed by atoms with Crippen LogP contribution in [0.1, 0.15) is 6.42 Å². The lowest BCUT2D eigenvalue weighted by Crippen LogP contribution is -2.26. The van der Waals surface area contributed by atoms with Gasteiger partial charge in [0.05, 0.1) is 16.2 Å². The molecule has 112 valence electrons. The molecule has 1 aromatic rings. The third-order valence-electron chi connectivity index (χ3n) is 2.25. The molecular formula is C10H12BrNO6S2. The van der Waals surface area contributed by atoms with E-state index in [2.05, 4.69) is 20.7 Å². The number of halogens is 1. The van der Waals surface area contributed by atoms with Crippen LogP contribution in [0.4, 0.5) is 0 Å². The van der Waals surface area contributed by atoms with E-state index in [1.165, 1.54) is 12.1 Å². The minimum Gasteiger partial charge on any atom is -0.481 e. The van der Waals surface area contributed by atoms with Gasteiger partial charge in [-0.15, -0.1) is 0 Å². The molecule has 0 heterocycles. The van der Waals surface area contributed by atoms with Crippen LogP contribution in [-0.4, -0.2) is 40.7 Å². The lowest BCUT2D eigenvalue weighted by molar-refractivity contribution is -0.136. The van der Waals surface area contributed by atoms with Gasteiger partial charge in [-0.2, -0.15) is 0 Å². The number of carboxylic acid groups (broad SMARTS) is 1. The number of carboxylic acids is 1. The summed E-state index contributed by atoms with van der Waals surface area (Å²) in [4.78, 5) is 10.2. The predicted molar refractivity (Wildman–Crippen MR) is 74.7 cm³/mol. The van der Waals surface area contributed by atoms with Crippen molar-refractivity contribution >= 4 is 41.8 Å². The molecule has 1 rings (SSSR count). The Hall–Kier alpha value is -0.970. The molecule has 0 fully saturated rings. The Kier molecular flexibility index (Phi) is 5.30. The van der Waals surface area contributed by atoms with Gasteiger partial charge in [-0.25, -0.2) is 21.6 Å². The molecule has 0 aliphatic carbocycles. The Balaban J connectivity index is 3.05. The molecule has 0 saturated carbocycles. The number of sulfone groups is 1. The van der Waals surface area contributed by atoms with E-state index < -0.39 is 25.8 Å². The number of carbonyl (C=O) groups is 1. The molecule has 10 heteroatoms. The van der Waals surface area contributed by atoms with Crippen LogP contribution in [0, 0.1) is 0 Å². The van der Waals surface area contributed by atoms with Gasteiger partial charge < -0.3 is 5.11 Å². The fourth-order valence-electron chi connectivity index (χ4n) is 1.30. The normalized spacial score (nSPS) is 12.3. The molecule has 0 amide bonds. The summed E-state index contributed by atoms with van der Waals surface area (Å²) in [7, 11) is -7.34. The lowest BCUT2D eigenvalue weighted by atomic mass is 10.4. The zero-order valence-corrected chi connectivity index (χ0v) is 13.5. The van der Waals surface area contributed by atoms with E-state index in [4.69, 9.17) is 5.11 Å². The highest BCUT2D eigenvalue weighted by Crippen LogP contribution is 2.25. The summed E-state index contributed by atoms with van der Waals surface area (Å²) >= 11 is 3.00. The first-order valence-electron chi connectivity index (χ1n) is 5.25. The molecule has 0 atom stereocenters. The number of rotatable bonds is 6. The van der Waals surface area contributed by atoms with Gasteiger partial charge in [0.25, 0.3) is 0 Å². The van der Waals surface area contributed by atoms with Crippen LogP contribution in [0.3, 0.4) is 0 Å². The Bertz CT molecular complexity index is 726. The molecule has 1 aromatic carbocycles. The van der Waals surface area contributed by atoms with Crippen LogP contribution in [0.25, 0.3) is 0 Å². The molecule has 7 nitrogen and oxygen atoms in total. The van der Waals surface area contributed by atoms with E-state index in [9.17, 15) is 21.6 Å². The van der Waals surface area contributed by atoms with Gasteiger partial charge in [-0.05, 0) is 34.1 Å². The van der Waals surface area contributed by atoms with Crippen molar-refractivity contribution in [3.63, 3.8) is 0 Å². The number of hydrogen-bond acceptors (Lipinski definition) is 5. The highest BCUT2D eigenvalue weighted by molar-refractivity contribution is 9.10. The summed E-state index contributed by atoms with van der Waals surface area (Å²) in [5, 5.41) is 8.45. The molecular weight excluding hydrogens is 374 g/mol. The van der Waals surface area contributed by atoms with Crippen molar-refractivity contribution in [1.82, 2.24) is 4.72 Å². The van der Waals surface area contributed by atoms with Gasteiger partial charge in [0.1, 0.15) is 0 Å². The third-order valence-corrected chi connectivity index (χ3v) is 5.80. The standard InChI is InChI=1S/C10H12BrNO6S2/c1-19(15,16)7-2-3-9(8(11)6-7)20(17,18)12-5-4-10(13)14/h2-3,6,12H,4-5H2,1H3,(H,13,14). The van der Waals surface area contributed by atoms with Gasteiger partial charge in [-0.3, -0.25) is 4.79 Å². The predicted octanol–water partition coefficient (Wildman–Crippen LogP) is 0.606. The van der Waals surface area contributed by atoms with E-state index in [1.54, 1.807) is 0 Å². The van der Waals surface area contributed by atoms with Gasteiger partial charge in [0, 0.05) is 17.3 Å². The van der Waals surface area contributed by atoms with Gasteiger partial charge in [-0.1, -0.05) is 0 Å². The largest absolute Gasteiger partial charge is 0.481 e. The molecule has 0 saturated heterocycles. The first-order valence-corrected chi connectivity index (χ1v) is 9.42. The van der Waals surface area contributed by atoms with Crippen LogP contribution >= 0.6 is 15.9 Å². The van der Waals surface area contributed by atoms with Gasteiger partial charge >= 0.3 is 5.97 Å². The molecule has 20 heavy (non-hydrogen) atoms. The van der Waals surface area contributed by atoms with Crippen molar-refractivity contribution in [1.29, 1.82) is 0 Å². The molecule has 0 aromatic heterocycles. The second kappa shape index (κ2) is 6.20. The second-order valence-corrected chi connectivity index (χ2v) is 8.51. The summed E-state index contributed by atoms with van der Waals surface area (Å²) in [5.41, 5.74) is 0. The number of nitrogens with one attached hydrogen (secondary N) is 1. The maximum atomic E-state index is 11.9. The van der Waals surface area contributed by atoms with E-state index in [0.717, 1.165) is 12.3 Å². The molecule has 0 aliphatic rings. The van der Waals surface area contributed by atoms with Gasteiger partial charge in [0.2, 0.25) is 10.0 Å². The quantitative estimate of drug-likeness (QED) is 0.740. The zero-order chi connectivity index (χ0) is 15.6. The molecule has 0 radical (unpaired) electrons. The molecule has 2 N–H and O–H groups in total. The fraction of sp³-hybridized carbons (Fsp3) is 0.300. The molecule has 0 spiro atoms. The van der Waals surface area contributed by atoms with Crippen LogP contribution in [0.15, 0.2) is 32.5 Å². The van der Waals surface area contributed by atoms with Crippen LogP contribution < -0.4 is 4.72 Å². The average Bonchev–Trinajstić information content (AvgIpc) is 2.26. The Morgan fingerprint density at radius 1 is 1.30 bits per heavy atom.